The molecule has 0 unspecified atom stereocenters. The maximum absolute atomic E-state index is 13.3. The quantitative estimate of drug-likeness (QED) is 0.670. The number of unbranched alkanes of at least 4 members (excludes halogenated alkanes) is 1. The van der Waals surface area contributed by atoms with Crippen molar-refractivity contribution in [3.63, 3.8) is 0 Å². The summed E-state index contributed by atoms with van der Waals surface area (Å²) >= 11 is 0. The molecule has 0 saturated heterocycles. The van der Waals surface area contributed by atoms with E-state index in [1.165, 1.54) is 18.4 Å². The van der Waals surface area contributed by atoms with Gasteiger partial charge in [-0.05, 0) is 36.0 Å². The number of benzene rings is 1. The molecule has 0 atom stereocenters. The van der Waals surface area contributed by atoms with Gasteiger partial charge in [0.1, 0.15) is 5.82 Å². The van der Waals surface area contributed by atoms with Crippen LogP contribution >= 0.6 is 0 Å². The Morgan fingerprint density at radius 3 is 2.57 bits per heavy atom. The SMILES string of the molecule is CCCCc1ccc(F)c(C(C)C)c1. The lowest BCUT2D eigenvalue weighted by atomic mass is 9.98. The third-order valence-electron chi connectivity index (χ3n) is 2.50. The predicted octanol–water partition coefficient (Wildman–Crippen LogP) is 4.29. The van der Waals surface area contributed by atoms with Crippen LogP contribution in [0.5, 0.6) is 0 Å². The highest BCUT2D eigenvalue weighted by Crippen LogP contribution is 2.20. The Morgan fingerprint density at radius 1 is 1.29 bits per heavy atom. The minimum atomic E-state index is -0.0692. The first-order valence-electron chi connectivity index (χ1n) is 5.43. The van der Waals surface area contributed by atoms with Crippen molar-refractivity contribution in [2.75, 3.05) is 0 Å². The Balaban J connectivity index is 2.83. The number of hydrogen-bond acceptors (Lipinski definition) is 0. The van der Waals surface area contributed by atoms with E-state index in [9.17, 15) is 4.39 Å². The molecule has 14 heavy (non-hydrogen) atoms. The lowest BCUT2D eigenvalue weighted by molar-refractivity contribution is 0.596. The molecule has 0 saturated carbocycles. The molecular weight excluding hydrogens is 175 g/mol. The molecule has 0 amide bonds. The summed E-state index contributed by atoms with van der Waals surface area (Å²) in [5.74, 6) is 0.205. The highest BCUT2D eigenvalue weighted by molar-refractivity contribution is 5.27. The Labute approximate surface area is 86.2 Å². The van der Waals surface area contributed by atoms with Gasteiger partial charge in [0.15, 0.2) is 0 Å². The second-order valence-corrected chi connectivity index (χ2v) is 4.11. The molecule has 0 aromatic heterocycles. The predicted molar refractivity (Wildman–Crippen MR) is 59.1 cm³/mol. The third-order valence-corrected chi connectivity index (χ3v) is 2.50. The summed E-state index contributed by atoms with van der Waals surface area (Å²) in [6.07, 6.45) is 3.44. The topological polar surface area (TPSA) is 0 Å². The van der Waals surface area contributed by atoms with Gasteiger partial charge in [0.05, 0.1) is 0 Å². The number of rotatable bonds is 4. The van der Waals surface area contributed by atoms with E-state index in [4.69, 9.17) is 0 Å². The van der Waals surface area contributed by atoms with Crippen molar-refractivity contribution in [1.82, 2.24) is 0 Å². The second kappa shape index (κ2) is 5.14. The van der Waals surface area contributed by atoms with E-state index in [2.05, 4.69) is 6.92 Å². The van der Waals surface area contributed by atoms with Gasteiger partial charge in [0, 0.05) is 0 Å². The Bertz CT molecular complexity index is 289. The van der Waals surface area contributed by atoms with Crippen LogP contribution in [0.1, 0.15) is 50.7 Å². The first-order valence-corrected chi connectivity index (χ1v) is 5.43. The maximum atomic E-state index is 13.3. The highest BCUT2D eigenvalue weighted by atomic mass is 19.1. The van der Waals surface area contributed by atoms with Gasteiger partial charge in [-0.3, -0.25) is 0 Å². The Hall–Kier alpha value is -0.850. The van der Waals surface area contributed by atoms with Gasteiger partial charge >= 0.3 is 0 Å². The van der Waals surface area contributed by atoms with Crippen LogP contribution in [0.3, 0.4) is 0 Å². The lowest BCUT2D eigenvalue weighted by Gasteiger charge is -2.09. The molecule has 0 aliphatic carbocycles. The Morgan fingerprint density at radius 2 is 2.00 bits per heavy atom. The van der Waals surface area contributed by atoms with Gasteiger partial charge in [-0.2, -0.15) is 0 Å². The van der Waals surface area contributed by atoms with Crippen molar-refractivity contribution < 1.29 is 4.39 Å². The van der Waals surface area contributed by atoms with Crippen LogP contribution in [0.25, 0.3) is 0 Å². The van der Waals surface area contributed by atoms with Crippen LogP contribution in [0.15, 0.2) is 18.2 Å². The molecular formula is C13H19F. The van der Waals surface area contributed by atoms with E-state index in [0.29, 0.717) is 0 Å². The molecule has 0 bridgehead atoms. The zero-order chi connectivity index (χ0) is 10.6. The summed E-state index contributed by atoms with van der Waals surface area (Å²) in [4.78, 5) is 0. The number of aryl methyl sites for hydroxylation is 1. The van der Waals surface area contributed by atoms with Crippen LogP contribution in [0.2, 0.25) is 0 Å². The molecule has 0 spiro atoms. The van der Waals surface area contributed by atoms with Gasteiger partial charge in [-0.15, -0.1) is 0 Å². The average molecular weight is 194 g/mol. The summed E-state index contributed by atoms with van der Waals surface area (Å²) in [6.45, 7) is 6.23. The zero-order valence-electron chi connectivity index (χ0n) is 9.31. The monoisotopic (exact) mass is 194 g/mol. The van der Waals surface area contributed by atoms with Crippen LogP contribution in [-0.2, 0) is 6.42 Å². The van der Waals surface area contributed by atoms with Crippen LogP contribution in [0.4, 0.5) is 4.39 Å². The van der Waals surface area contributed by atoms with Crippen molar-refractivity contribution in [3.05, 3.63) is 35.1 Å². The molecule has 0 N–H and O–H groups in total. The standard InChI is InChI=1S/C13H19F/c1-4-5-6-11-7-8-13(14)12(9-11)10(2)3/h7-10H,4-6H2,1-3H3. The van der Waals surface area contributed by atoms with Gasteiger partial charge in [-0.25, -0.2) is 4.39 Å². The van der Waals surface area contributed by atoms with Crippen LogP contribution < -0.4 is 0 Å². The van der Waals surface area contributed by atoms with E-state index in [-0.39, 0.29) is 11.7 Å². The second-order valence-electron chi connectivity index (χ2n) is 4.11. The van der Waals surface area contributed by atoms with Crippen molar-refractivity contribution in [2.24, 2.45) is 0 Å². The van der Waals surface area contributed by atoms with E-state index in [1.54, 1.807) is 6.07 Å². The molecule has 0 nitrogen and oxygen atoms in total. The van der Waals surface area contributed by atoms with E-state index >= 15 is 0 Å². The molecule has 0 aliphatic rings. The first-order chi connectivity index (χ1) is 6.65. The smallest absolute Gasteiger partial charge is 0.126 e. The molecule has 0 radical (unpaired) electrons. The fourth-order valence-corrected chi connectivity index (χ4v) is 1.57. The number of halogens is 1. The van der Waals surface area contributed by atoms with E-state index in [1.807, 2.05) is 26.0 Å². The minimum absolute atomic E-state index is 0.0692. The normalized spacial score (nSPS) is 10.9. The van der Waals surface area contributed by atoms with E-state index in [0.717, 1.165) is 12.0 Å². The largest absolute Gasteiger partial charge is 0.207 e. The molecule has 0 aliphatic heterocycles. The molecule has 1 aromatic carbocycles. The first kappa shape index (κ1) is 11.2. The molecule has 1 aromatic rings. The summed E-state index contributed by atoms with van der Waals surface area (Å²) in [5, 5.41) is 0. The highest BCUT2D eigenvalue weighted by Gasteiger charge is 2.06. The number of hydrogen-bond donors (Lipinski definition) is 0. The zero-order valence-corrected chi connectivity index (χ0v) is 9.31. The Kier molecular flexibility index (Phi) is 4.12. The third kappa shape index (κ3) is 2.83. The maximum Gasteiger partial charge on any atom is 0.126 e. The molecule has 0 heterocycles. The van der Waals surface area contributed by atoms with Crippen molar-refractivity contribution in [3.8, 4) is 0 Å². The summed E-state index contributed by atoms with van der Waals surface area (Å²) in [7, 11) is 0. The fraction of sp³-hybridized carbons (Fsp3) is 0.538. The molecule has 0 fully saturated rings. The minimum Gasteiger partial charge on any atom is -0.207 e. The van der Waals surface area contributed by atoms with Crippen LogP contribution in [0, 0.1) is 5.82 Å². The van der Waals surface area contributed by atoms with Gasteiger partial charge in [0.25, 0.3) is 0 Å². The molecule has 1 rings (SSSR count). The lowest BCUT2D eigenvalue weighted by Crippen LogP contribution is -1.95. The summed E-state index contributed by atoms with van der Waals surface area (Å²) < 4.78 is 13.3. The summed E-state index contributed by atoms with van der Waals surface area (Å²) in [5.41, 5.74) is 2.11. The van der Waals surface area contributed by atoms with Crippen LogP contribution in [-0.4, -0.2) is 0 Å². The molecule has 78 valence electrons. The summed E-state index contributed by atoms with van der Waals surface area (Å²) in [6, 6.07) is 5.51. The van der Waals surface area contributed by atoms with Crippen molar-refractivity contribution >= 4 is 0 Å². The van der Waals surface area contributed by atoms with E-state index < -0.39 is 0 Å². The van der Waals surface area contributed by atoms with Gasteiger partial charge in [0.2, 0.25) is 0 Å². The van der Waals surface area contributed by atoms with Crippen molar-refractivity contribution in [2.45, 2.75) is 46.0 Å². The van der Waals surface area contributed by atoms with Crippen molar-refractivity contribution in [1.29, 1.82) is 0 Å². The average Bonchev–Trinajstić information content (AvgIpc) is 2.16. The van der Waals surface area contributed by atoms with Gasteiger partial charge in [-0.1, -0.05) is 39.3 Å². The fourth-order valence-electron chi connectivity index (χ4n) is 1.57. The molecule has 1 heteroatoms. The van der Waals surface area contributed by atoms with Gasteiger partial charge < -0.3 is 0 Å².